The van der Waals surface area contributed by atoms with Gasteiger partial charge < -0.3 is 11.5 Å². The number of amides is 1. The summed E-state index contributed by atoms with van der Waals surface area (Å²) >= 11 is 0. The third-order valence-electron chi connectivity index (χ3n) is 1.51. The first-order chi connectivity index (χ1) is 6.16. The summed E-state index contributed by atoms with van der Waals surface area (Å²) in [4.78, 5) is 13.4. The lowest BCUT2D eigenvalue weighted by Crippen LogP contribution is -2.03. The molecule has 1 aromatic rings. The Morgan fingerprint density at radius 3 is 2.77 bits per heavy atom. The predicted octanol–water partition coefficient (Wildman–Crippen LogP) is 1.30. The molecule has 0 bridgehead atoms. The normalized spacial score (nSPS) is 8.92. The van der Waals surface area contributed by atoms with Gasteiger partial charge in [-0.15, -0.1) is 0 Å². The molecule has 0 radical (unpaired) electrons. The van der Waals surface area contributed by atoms with Crippen molar-refractivity contribution in [3.63, 3.8) is 0 Å². The zero-order valence-electron chi connectivity index (χ0n) is 6.64. The zero-order chi connectivity index (χ0) is 9.84. The van der Waals surface area contributed by atoms with Gasteiger partial charge in [0.05, 0.1) is 11.4 Å². The van der Waals surface area contributed by atoms with E-state index in [1.807, 2.05) is 0 Å². The Morgan fingerprint density at radius 1 is 1.46 bits per heavy atom. The molecule has 0 fully saturated rings. The Kier molecular flexibility index (Phi) is 2.37. The van der Waals surface area contributed by atoms with Crippen LogP contribution in [-0.4, -0.2) is 5.91 Å². The Hall–Kier alpha value is -2.20. The van der Waals surface area contributed by atoms with E-state index in [0.717, 1.165) is 0 Å². The van der Waals surface area contributed by atoms with Crippen molar-refractivity contribution in [2.45, 2.75) is 0 Å². The summed E-state index contributed by atoms with van der Waals surface area (Å²) in [5, 5.41) is 2.90. The highest BCUT2D eigenvalue weighted by Crippen LogP contribution is 2.19. The first-order valence-corrected chi connectivity index (χ1v) is 3.40. The number of nitrogens with two attached hydrogens (primary N) is 2. The van der Waals surface area contributed by atoms with Crippen LogP contribution < -0.4 is 11.5 Å². The highest BCUT2D eigenvalue weighted by atomic mass is 16.1. The summed E-state index contributed by atoms with van der Waals surface area (Å²) in [6.07, 6.45) is 0. The number of carbonyl (C=O) groups is 1. The van der Waals surface area contributed by atoms with Crippen LogP contribution in [0.15, 0.2) is 23.3 Å². The van der Waals surface area contributed by atoms with Crippen LogP contribution in [0.1, 0.15) is 10.4 Å². The maximum atomic E-state index is 11.1. The molecule has 6 nitrogen and oxygen atoms in total. The van der Waals surface area contributed by atoms with Gasteiger partial charge in [0.1, 0.15) is 0 Å². The average Bonchev–Trinajstić information content (AvgIpc) is 2.10. The minimum absolute atomic E-state index is 0.123. The van der Waals surface area contributed by atoms with Crippen LogP contribution in [-0.2, 0) is 0 Å². The lowest BCUT2D eigenvalue weighted by molar-refractivity contribution is 0.100. The number of azide groups is 1. The Labute approximate surface area is 73.8 Å². The number of rotatable bonds is 1. The van der Waals surface area contributed by atoms with E-state index in [4.69, 9.17) is 17.0 Å². The minimum Gasteiger partial charge on any atom is -0.397 e. The molecule has 0 atom stereocenters. The van der Waals surface area contributed by atoms with Crippen molar-refractivity contribution in [1.82, 2.24) is 0 Å². The second kappa shape index (κ2) is 3.46. The Morgan fingerprint density at radius 2 is 2.15 bits per heavy atom. The molecule has 13 heavy (non-hydrogen) atoms. The molecule has 1 rings (SSSR count). The predicted molar refractivity (Wildman–Crippen MR) is 48.7 cm³/mol. The van der Waals surface area contributed by atoms with Gasteiger partial charge in [-0.25, -0.2) is 0 Å². The van der Waals surface area contributed by atoms with Crippen LogP contribution in [0.4, 0.5) is 11.4 Å². The molecule has 0 saturated heterocycles. The number of benzene rings is 1. The Bertz CT molecular complexity index is 394. The van der Waals surface area contributed by atoms with Crippen molar-refractivity contribution in [2.24, 2.45) is 5.11 Å². The zero-order valence-corrected chi connectivity index (χ0v) is 6.64. The average molecular weight is 177 g/mol. The molecule has 66 valence electrons. The van der Waals surface area contributed by atoms with Crippen LogP contribution in [0.2, 0.25) is 0 Å². The molecule has 0 saturated carbocycles. The fraction of sp³-hybridized carbons (Fsp3) is 0. The van der Waals surface area contributed by atoms with E-state index in [1.54, 1.807) is 12.1 Å². The molecular formula is C7H7N5O. The lowest BCUT2D eigenvalue weighted by atomic mass is 10.1. The van der Waals surface area contributed by atoms with E-state index in [-0.39, 0.29) is 11.3 Å². The molecule has 0 aliphatic rings. The topological polar surface area (TPSA) is 118 Å². The highest BCUT2D eigenvalue weighted by Gasteiger charge is 2.08. The summed E-state index contributed by atoms with van der Waals surface area (Å²) in [5.74, 6) is -0.729. The van der Waals surface area contributed by atoms with Crippen molar-refractivity contribution in [3.05, 3.63) is 34.2 Å². The molecule has 0 aromatic heterocycles. The maximum absolute atomic E-state index is 11.1. The van der Waals surface area contributed by atoms with Crippen molar-refractivity contribution >= 4 is 17.3 Å². The summed E-state index contributed by atoms with van der Waals surface area (Å²) in [6.45, 7) is 0. The van der Waals surface area contributed by atoms with Gasteiger partial charge >= 0.3 is 0 Å². The number of hydrogen-bond acceptors (Lipinski definition) is 3. The first kappa shape index (κ1) is 8.89. The van der Waals surface area contributed by atoms with Gasteiger partial charge in [-0.1, -0.05) is 6.07 Å². The van der Waals surface area contributed by atoms with Crippen molar-refractivity contribution in [1.29, 1.82) is 0 Å². The molecule has 1 aromatic carbocycles. The number of hydrogen-bond donors (Lipinski definition) is 2. The SMILES string of the molecule is [N-]=[N+]=NC(=O)c1cccc(N)c1N. The summed E-state index contributed by atoms with van der Waals surface area (Å²) in [7, 11) is 0. The molecule has 0 aliphatic heterocycles. The van der Waals surface area contributed by atoms with Gasteiger partial charge in [0, 0.05) is 10.5 Å². The third kappa shape index (κ3) is 1.69. The van der Waals surface area contributed by atoms with Gasteiger partial charge in [0.15, 0.2) is 0 Å². The largest absolute Gasteiger partial charge is 0.397 e. The van der Waals surface area contributed by atoms with Crippen LogP contribution in [0, 0.1) is 0 Å². The second-order valence-corrected chi connectivity index (χ2v) is 2.30. The van der Waals surface area contributed by atoms with Gasteiger partial charge in [0.2, 0.25) is 0 Å². The van der Waals surface area contributed by atoms with Gasteiger partial charge in [-0.05, 0) is 22.8 Å². The van der Waals surface area contributed by atoms with Gasteiger partial charge in [-0.2, -0.15) is 0 Å². The van der Waals surface area contributed by atoms with E-state index in [0.29, 0.717) is 5.69 Å². The van der Waals surface area contributed by atoms with Crippen molar-refractivity contribution < 1.29 is 4.79 Å². The summed E-state index contributed by atoms with van der Waals surface area (Å²) < 4.78 is 0. The third-order valence-corrected chi connectivity index (χ3v) is 1.51. The van der Waals surface area contributed by atoms with E-state index in [2.05, 4.69) is 10.0 Å². The molecule has 0 aliphatic carbocycles. The molecule has 0 heterocycles. The quantitative estimate of drug-likeness (QED) is 0.291. The van der Waals surface area contributed by atoms with E-state index < -0.39 is 5.91 Å². The highest BCUT2D eigenvalue weighted by molar-refractivity contribution is 6.01. The molecule has 6 heteroatoms. The number of nitrogens with zero attached hydrogens (tertiary/aromatic N) is 3. The first-order valence-electron chi connectivity index (χ1n) is 3.40. The maximum Gasteiger partial charge on any atom is 0.251 e. The van der Waals surface area contributed by atoms with E-state index in [1.165, 1.54) is 6.07 Å². The van der Waals surface area contributed by atoms with Gasteiger partial charge in [-0.3, -0.25) is 4.79 Å². The Balaban J connectivity index is 3.22. The summed E-state index contributed by atoms with van der Waals surface area (Å²) in [5.41, 5.74) is 19.5. The van der Waals surface area contributed by atoms with E-state index >= 15 is 0 Å². The van der Waals surface area contributed by atoms with Crippen LogP contribution >= 0.6 is 0 Å². The van der Waals surface area contributed by atoms with Crippen molar-refractivity contribution in [3.8, 4) is 0 Å². The molecule has 0 unspecified atom stereocenters. The lowest BCUT2D eigenvalue weighted by Gasteiger charge is -2.02. The number of nitrogen functional groups attached to an aromatic ring is 2. The van der Waals surface area contributed by atoms with Crippen LogP contribution in [0.3, 0.4) is 0 Å². The number of anilines is 2. The number of carbonyl (C=O) groups excluding carboxylic acids is 1. The minimum atomic E-state index is -0.729. The second-order valence-electron chi connectivity index (χ2n) is 2.30. The number of para-hydroxylation sites is 1. The molecular weight excluding hydrogens is 170 g/mol. The molecule has 0 spiro atoms. The molecule has 4 N–H and O–H groups in total. The fourth-order valence-electron chi connectivity index (χ4n) is 0.864. The van der Waals surface area contributed by atoms with Crippen LogP contribution in [0.5, 0.6) is 0 Å². The standard InChI is InChI=1S/C7H7N5O/c8-5-3-1-2-4(6(5)9)7(13)11-12-10/h1-3H,8-9H2. The molecule has 1 amide bonds. The smallest absolute Gasteiger partial charge is 0.251 e. The van der Waals surface area contributed by atoms with Gasteiger partial charge in [0.25, 0.3) is 5.91 Å². The van der Waals surface area contributed by atoms with E-state index in [9.17, 15) is 4.79 Å². The monoisotopic (exact) mass is 177 g/mol. The fourth-order valence-corrected chi connectivity index (χ4v) is 0.864. The summed E-state index contributed by atoms with van der Waals surface area (Å²) in [6, 6.07) is 4.57. The van der Waals surface area contributed by atoms with Crippen molar-refractivity contribution in [2.75, 3.05) is 11.5 Å². The van der Waals surface area contributed by atoms with Crippen LogP contribution in [0.25, 0.3) is 10.4 Å².